The minimum absolute atomic E-state index is 0.00195. The number of hydrogen-bond donors (Lipinski definition) is 1. The molecule has 44 heavy (non-hydrogen) atoms. The molecule has 0 bridgehead atoms. The number of hydrogen-bond acceptors (Lipinski definition) is 8. The Labute approximate surface area is 253 Å². The van der Waals surface area contributed by atoms with Gasteiger partial charge < -0.3 is 14.9 Å². The molecule has 0 aliphatic carbocycles. The topological polar surface area (TPSA) is 117 Å². The van der Waals surface area contributed by atoms with Crippen LogP contribution in [0.25, 0.3) is 28.0 Å². The third-order valence-electron chi connectivity index (χ3n) is 7.94. The number of halogens is 2. The van der Waals surface area contributed by atoms with Gasteiger partial charge in [-0.3, -0.25) is 4.79 Å². The van der Waals surface area contributed by atoms with Crippen LogP contribution in [-0.2, 0) is 4.79 Å². The summed E-state index contributed by atoms with van der Waals surface area (Å²) in [5, 5.41) is 10.7. The molecule has 1 aliphatic rings. The zero-order valence-electron chi connectivity index (χ0n) is 25.5. The summed E-state index contributed by atoms with van der Waals surface area (Å²) in [7, 11) is 0. The van der Waals surface area contributed by atoms with Gasteiger partial charge in [-0.2, -0.15) is 4.98 Å². The van der Waals surface area contributed by atoms with Gasteiger partial charge in [-0.05, 0) is 50.0 Å². The van der Waals surface area contributed by atoms with Crippen LogP contribution in [-0.4, -0.2) is 65.6 Å². The summed E-state index contributed by atoms with van der Waals surface area (Å²) < 4.78 is 32.3. The number of phenolic OH excluding ortho intramolecular Hbond substituents is 1. The predicted molar refractivity (Wildman–Crippen MR) is 164 cm³/mol. The molecule has 1 amide bonds. The normalized spacial score (nSPS) is 17.1. The number of piperazine rings is 1. The quantitative estimate of drug-likeness (QED) is 0.303. The summed E-state index contributed by atoms with van der Waals surface area (Å²) >= 11 is 0. The number of benzene rings is 1. The maximum absolute atomic E-state index is 16.0. The average molecular weight is 604 g/mol. The Morgan fingerprint density at radius 2 is 1.68 bits per heavy atom. The predicted octanol–water partition coefficient (Wildman–Crippen LogP) is 5.08. The lowest BCUT2D eigenvalue weighted by atomic mass is 10.0. The van der Waals surface area contributed by atoms with E-state index in [1.54, 1.807) is 4.90 Å². The average Bonchev–Trinajstić information content (AvgIpc) is 2.97. The van der Waals surface area contributed by atoms with Crippen molar-refractivity contribution in [3.8, 4) is 22.7 Å². The molecule has 1 unspecified atom stereocenters. The Morgan fingerprint density at radius 3 is 2.27 bits per heavy atom. The molecule has 230 valence electrons. The van der Waals surface area contributed by atoms with Crippen LogP contribution >= 0.6 is 0 Å². The molecule has 5 rings (SSSR count). The smallest absolute Gasteiger partial charge is 0.355 e. The molecule has 1 N–H and O–H groups in total. The number of pyridine rings is 1. The zero-order chi connectivity index (χ0) is 32.0. The molecule has 1 aromatic carbocycles. The monoisotopic (exact) mass is 603 g/mol. The van der Waals surface area contributed by atoms with E-state index < -0.39 is 34.3 Å². The van der Waals surface area contributed by atoms with Gasteiger partial charge in [0.2, 0.25) is 5.91 Å². The Kier molecular flexibility index (Phi) is 8.19. The lowest BCUT2D eigenvalue weighted by Crippen LogP contribution is -2.58. The Morgan fingerprint density at radius 1 is 1.02 bits per heavy atom. The first-order valence-electron chi connectivity index (χ1n) is 14.5. The van der Waals surface area contributed by atoms with Crippen molar-refractivity contribution in [1.82, 2.24) is 29.4 Å². The number of carbonyl (C=O) groups is 1. The number of aromatic hydroxyl groups is 1. The number of anilines is 1. The Bertz CT molecular complexity index is 1790. The minimum atomic E-state index is -0.912. The van der Waals surface area contributed by atoms with Crippen LogP contribution in [0.5, 0.6) is 5.75 Å². The second-order valence-corrected chi connectivity index (χ2v) is 11.7. The van der Waals surface area contributed by atoms with Crippen molar-refractivity contribution in [3.63, 3.8) is 0 Å². The summed E-state index contributed by atoms with van der Waals surface area (Å²) in [6, 6.07) is 4.21. The van der Waals surface area contributed by atoms with E-state index in [9.17, 15) is 14.7 Å². The number of nitrogens with zero attached hydrogens (tertiary/aromatic N) is 7. The van der Waals surface area contributed by atoms with Gasteiger partial charge >= 0.3 is 5.69 Å². The van der Waals surface area contributed by atoms with E-state index >= 15 is 8.78 Å². The summed E-state index contributed by atoms with van der Waals surface area (Å²) in [5.74, 6) is -2.61. The Hall–Kier alpha value is -4.74. The number of aromatic nitrogens is 5. The van der Waals surface area contributed by atoms with Crippen molar-refractivity contribution in [2.75, 3.05) is 18.0 Å². The minimum Gasteiger partial charge on any atom is -0.507 e. The van der Waals surface area contributed by atoms with Gasteiger partial charge in [-0.15, -0.1) is 0 Å². The molecular weight excluding hydrogens is 568 g/mol. The van der Waals surface area contributed by atoms with Crippen molar-refractivity contribution >= 4 is 22.8 Å². The van der Waals surface area contributed by atoms with Crippen LogP contribution in [0, 0.1) is 11.6 Å². The second-order valence-electron chi connectivity index (χ2n) is 11.7. The fraction of sp³-hybridized carbons (Fsp3) is 0.375. The highest BCUT2D eigenvalue weighted by Gasteiger charge is 2.34. The summed E-state index contributed by atoms with van der Waals surface area (Å²) in [6.45, 7) is 15.6. The van der Waals surface area contributed by atoms with Gasteiger partial charge in [-0.1, -0.05) is 40.3 Å². The summed E-state index contributed by atoms with van der Waals surface area (Å²) in [6.07, 6.45) is 2.69. The van der Waals surface area contributed by atoms with Crippen LogP contribution < -0.4 is 10.6 Å². The number of amides is 1. The van der Waals surface area contributed by atoms with Gasteiger partial charge in [0.25, 0.3) is 0 Å². The molecular formula is C32H35F2N7O3. The molecule has 4 aromatic rings. The SMILES string of the molecule is C=CC(=O)N1CC(C)N(c2nc(=O)n(-c3c(C(C)C)ncnc3C(C)C)c3nc(-c4c(O)cccc4F)c(F)cc23)C[C@H]1C. The van der Waals surface area contributed by atoms with Crippen molar-refractivity contribution in [1.29, 1.82) is 0 Å². The summed E-state index contributed by atoms with van der Waals surface area (Å²) in [4.78, 5) is 48.2. The molecule has 4 heterocycles. The van der Waals surface area contributed by atoms with E-state index in [-0.39, 0.29) is 46.7 Å². The van der Waals surface area contributed by atoms with Crippen LogP contribution in [0.4, 0.5) is 14.6 Å². The van der Waals surface area contributed by atoms with E-state index in [0.29, 0.717) is 30.2 Å². The standard InChI is InChI=1S/C32H35F2N7O3/c1-8-24(43)39-13-19(7)40(14-18(39)6)30-20-12-22(34)28(25-21(33)10-9-11-23(25)42)37-31(20)41(32(44)38-30)29-26(16(2)3)35-15-36-27(29)17(4)5/h8-12,15-19,42H,1,13-14H2,2-7H3/t18-,19?/m1/s1. The van der Waals surface area contributed by atoms with Gasteiger partial charge in [0.1, 0.15) is 29.4 Å². The first-order valence-corrected chi connectivity index (χ1v) is 14.5. The van der Waals surface area contributed by atoms with Crippen molar-refractivity contribution < 1.29 is 18.7 Å². The van der Waals surface area contributed by atoms with Crippen molar-refractivity contribution in [2.24, 2.45) is 0 Å². The van der Waals surface area contributed by atoms with Crippen molar-refractivity contribution in [3.05, 3.63) is 76.8 Å². The zero-order valence-corrected chi connectivity index (χ0v) is 25.5. The lowest BCUT2D eigenvalue weighted by molar-refractivity contribution is -0.128. The first-order chi connectivity index (χ1) is 20.8. The fourth-order valence-electron chi connectivity index (χ4n) is 5.78. The molecule has 12 heteroatoms. The van der Waals surface area contributed by atoms with E-state index in [1.807, 2.05) is 46.4 Å². The highest BCUT2D eigenvalue weighted by atomic mass is 19.1. The molecule has 10 nitrogen and oxygen atoms in total. The second kappa shape index (κ2) is 11.7. The van der Waals surface area contributed by atoms with Gasteiger partial charge in [-0.25, -0.2) is 33.1 Å². The third-order valence-corrected chi connectivity index (χ3v) is 7.94. The highest BCUT2D eigenvalue weighted by molar-refractivity contribution is 5.91. The van der Waals surface area contributed by atoms with Crippen LogP contribution in [0.15, 0.2) is 48.0 Å². The summed E-state index contributed by atoms with van der Waals surface area (Å²) in [5.41, 5.74) is -0.114. The Balaban J connectivity index is 1.88. The maximum Gasteiger partial charge on any atom is 0.355 e. The lowest BCUT2D eigenvalue weighted by Gasteiger charge is -2.44. The molecule has 0 spiro atoms. The number of rotatable bonds is 6. The largest absolute Gasteiger partial charge is 0.507 e. The van der Waals surface area contributed by atoms with Gasteiger partial charge in [0, 0.05) is 25.2 Å². The van der Waals surface area contributed by atoms with E-state index in [4.69, 9.17) is 0 Å². The highest BCUT2D eigenvalue weighted by Crippen LogP contribution is 2.37. The molecule has 2 atom stereocenters. The molecule has 0 radical (unpaired) electrons. The molecule has 1 fully saturated rings. The van der Waals surface area contributed by atoms with Gasteiger partial charge in [0.15, 0.2) is 11.5 Å². The van der Waals surface area contributed by atoms with E-state index in [0.717, 1.165) is 12.1 Å². The van der Waals surface area contributed by atoms with Crippen molar-refractivity contribution in [2.45, 2.75) is 65.5 Å². The maximum atomic E-state index is 16.0. The number of fused-ring (bicyclic) bond motifs is 1. The third kappa shape index (κ3) is 5.18. The molecule has 1 aliphatic heterocycles. The first kappa shape index (κ1) is 30.7. The molecule has 0 saturated carbocycles. The van der Waals surface area contributed by atoms with Gasteiger partial charge in [0.05, 0.1) is 28.0 Å². The number of carbonyl (C=O) groups excluding carboxylic acids is 1. The van der Waals surface area contributed by atoms with E-state index in [2.05, 4.69) is 26.5 Å². The van der Waals surface area contributed by atoms with Crippen LogP contribution in [0.2, 0.25) is 0 Å². The molecule has 3 aromatic heterocycles. The molecule has 1 saturated heterocycles. The van der Waals surface area contributed by atoms with Crippen LogP contribution in [0.3, 0.4) is 0 Å². The van der Waals surface area contributed by atoms with E-state index in [1.165, 1.54) is 29.1 Å². The fourth-order valence-corrected chi connectivity index (χ4v) is 5.78. The van der Waals surface area contributed by atoms with Crippen LogP contribution in [0.1, 0.15) is 64.8 Å². The number of phenols is 1.